The Bertz CT molecular complexity index is 607. The van der Waals surface area contributed by atoms with Crippen LogP contribution in [0.4, 0.5) is 0 Å². The third-order valence-corrected chi connectivity index (χ3v) is 4.36. The predicted molar refractivity (Wildman–Crippen MR) is 80.4 cm³/mol. The van der Waals surface area contributed by atoms with Gasteiger partial charge in [-0.2, -0.15) is 0 Å². The van der Waals surface area contributed by atoms with Gasteiger partial charge in [-0.1, -0.05) is 30.3 Å². The first-order valence-corrected chi connectivity index (χ1v) is 7.29. The molecule has 2 rings (SSSR count). The van der Waals surface area contributed by atoms with Gasteiger partial charge in [-0.05, 0) is 12.5 Å². The average Bonchev–Trinajstić information content (AvgIpc) is 2.52. The van der Waals surface area contributed by atoms with Crippen molar-refractivity contribution in [2.45, 2.75) is 24.9 Å². The molecule has 1 aliphatic rings. The van der Waals surface area contributed by atoms with E-state index in [0.29, 0.717) is 5.56 Å². The molecule has 0 amide bonds. The minimum atomic E-state index is -1.60. The lowest BCUT2D eigenvalue weighted by Crippen LogP contribution is -2.55. The summed E-state index contributed by atoms with van der Waals surface area (Å²) in [4.78, 5) is 36.9. The summed E-state index contributed by atoms with van der Waals surface area (Å²) in [6.07, 6.45) is -0.310. The summed E-state index contributed by atoms with van der Waals surface area (Å²) in [6, 6.07) is 8.70. The number of ketones is 1. The van der Waals surface area contributed by atoms with Gasteiger partial charge in [0, 0.05) is 12.3 Å². The quantitative estimate of drug-likeness (QED) is 0.662. The first-order valence-electron chi connectivity index (χ1n) is 7.29. The minimum absolute atomic E-state index is 0.310. The number of Topliss-reactive ketones (excluding diaryl/α,β-unsaturated/α-hetero) is 1. The third-order valence-electron chi connectivity index (χ3n) is 4.36. The van der Waals surface area contributed by atoms with E-state index < -0.39 is 41.1 Å². The summed E-state index contributed by atoms with van der Waals surface area (Å²) in [5, 5.41) is 10.6. The van der Waals surface area contributed by atoms with Crippen molar-refractivity contribution in [1.29, 1.82) is 0 Å². The van der Waals surface area contributed by atoms with Gasteiger partial charge in [-0.15, -0.1) is 0 Å². The Morgan fingerprint density at radius 3 is 2.22 bits per heavy atom. The van der Waals surface area contributed by atoms with Crippen LogP contribution in [-0.2, 0) is 23.9 Å². The molecule has 0 aromatic heterocycles. The summed E-state index contributed by atoms with van der Waals surface area (Å²) in [7, 11) is 2.40. The Balaban J connectivity index is 2.61. The molecule has 6 nitrogen and oxygen atoms in total. The van der Waals surface area contributed by atoms with Crippen molar-refractivity contribution < 1.29 is 29.0 Å². The van der Waals surface area contributed by atoms with Crippen molar-refractivity contribution in [1.82, 2.24) is 0 Å². The van der Waals surface area contributed by atoms with Gasteiger partial charge in [0.25, 0.3) is 0 Å². The molecule has 0 bridgehead atoms. The maximum atomic E-state index is 12.4. The summed E-state index contributed by atoms with van der Waals surface area (Å²) < 4.78 is 9.56. The third kappa shape index (κ3) is 3.12. The van der Waals surface area contributed by atoms with Gasteiger partial charge in [0.15, 0.2) is 5.78 Å². The first-order chi connectivity index (χ1) is 10.8. The maximum absolute atomic E-state index is 12.4. The van der Waals surface area contributed by atoms with Crippen LogP contribution < -0.4 is 0 Å². The molecule has 0 heterocycles. The highest BCUT2D eigenvalue weighted by atomic mass is 16.5. The van der Waals surface area contributed by atoms with Crippen molar-refractivity contribution >= 4 is 17.7 Å². The number of rotatable bonds is 3. The van der Waals surface area contributed by atoms with E-state index in [9.17, 15) is 19.5 Å². The number of methoxy groups -OCH3 is 2. The summed E-state index contributed by atoms with van der Waals surface area (Å²) >= 11 is 0. The zero-order valence-corrected chi connectivity index (χ0v) is 13.3. The number of carbonyl (C=O) groups is 3. The number of esters is 2. The number of hydrogen-bond donors (Lipinski definition) is 1. The highest BCUT2D eigenvalue weighted by Gasteiger charge is 2.56. The van der Waals surface area contributed by atoms with E-state index in [1.165, 1.54) is 21.1 Å². The molecule has 124 valence electrons. The van der Waals surface area contributed by atoms with Crippen LogP contribution in [0.2, 0.25) is 0 Å². The molecule has 1 N–H and O–H groups in total. The second-order valence-electron chi connectivity index (χ2n) is 5.94. The van der Waals surface area contributed by atoms with E-state index >= 15 is 0 Å². The van der Waals surface area contributed by atoms with Crippen molar-refractivity contribution in [2.75, 3.05) is 14.2 Å². The number of aliphatic hydroxyl groups is 1. The molecule has 0 saturated heterocycles. The Hall–Kier alpha value is -2.21. The van der Waals surface area contributed by atoms with Gasteiger partial charge >= 0.3 is 11.9 Å². The normalized spacial score (nSPS) is 30.6. The Morgan fingerprint density at radius 2 is 1.70 bits per heavy atom. The minimum Gasteiger partial charge on any atom is -0.469 e. The topological polar surface area (TPSA) is 89.9 Å². The molecule has 0 spiro atoms. The summed E-state index contributed by atoms with van der Waals surface area (Å²) in [6.45, 7) is 1.41. The number of carbonyl (C=O) groups excluding carboxylic acids is 3. The number of benzene rings is 1. The van der Waals surface area contributed by atoms with Crippen LogP contribution in [-0.4, -0.2) is 42.6 Å². The molecule has 3 unspecified atom stereocenters. The van der Waals surface area contributed by atoms with Crippen LogP contribution in [0.5, 0.6) is 0 Å². The van der Waals surface area contributed by atoms with Crippen molar-refractivity contribution in [3.8, 4) is 0 Å². The zero-order chi connectivity index (χ0) is 17.2. The molecular weight excluding hydrogens is 300 g/mol. The van der Waals surface area contributed by atoms with Gasteiger partial charge in [-0.3, -0.25) is 14.4 Å². The predicted octanol–water partition coefficient (Wildman–Crippen LogP) is 1.07. The van der Waals surface area contributed by atoms with Crippen molar-refractivity contribution in [3.05, 3.63) is 35.9 Å². The fraction of sp³-hybridized carbons (Fsp3) is 0.471. The van der Waals surface area contributed by atoms with Crippen LogP contribution >= 0.6 is 0 Å². The Kier molecular flexibility index (Phi) is 4.85. The van der Waals surface area contributed by atoms with Crippen molar-refractivity contribution in [3.63, 3.8) is 0 Å². The maximum Gasteiger partial charge on any atom is 0.316 e. The van der Waals surface area contributed by atoms with Gasteiger partial charge in [0.05, 0.1) is 25.7 Å². The molecule has 1 fully saturated rings. The summed E-state index contributed by atoms with van der Waals surface area (Å²) in [5.41, 5.74) is -0.999. The van der Waals surface area contributed by atoms with E-state index in [1.54, 1.807) is 30.3 Å². The molecule has 23 heavy (non-hydrogen) atoms. The number of ether oxygens (including phenoxy) is 2. The SMILES string of the molecule is COC(=O)C1C(=O)C[C@@](C)(O)C(C(=O)OC)C1c1ccccc1. The van der Waals surface area contributed by atoms with Crippen LogP contribution in [0.3, 0.4) is 0 Å². The van der Waals surface area contributed by atoms with Crippen LogP contribution in [0.15, 0.2) is 30.3 Å². The Labute approximate surface area is 134 Å². The summed E-state index contributed by atoms with van der Waals surface area (Å²) in [5.74, 6) is -4.86. The lowest BCUT2D eigenvalue weighted by atomic mass is 9.62. The van der Waals surface area contributed by atoms with Gasteiger partial charge in [0.2, 0.25) is 0 Å². The van der Waals surface area contributed by atoms with E-state index in [-0.39, 0.29) is 6.42 Å². The molecular formula is C17H20O6. The zero-order valence-electron chi connectivity index (χ0n) is 13.3. The molecule has 1 aromatic carbocycles. The molecule has 4 atom stereocenters. The van der Waals surface area contributed by atoms with E-state index in [0.717, 1.165) is 0 Å². The second-order valence-corrected chi connectivity index (χ2v) is 5.94. The first kappa shape index (κ1) is 17.1. The number of hydrogen-bond acceptors (Lipinski definition) is 6. The molecule has 0 aliphatic heterocycles. The average molecular weight is 320 g/mol. The molecule has 1 aliphatic carbocycles. The lowest BCUT2D eigenvalue weighted by molar-refractivity contribution is -0.170. The largest absolute Gasteiger partial charge is 0.469 e. The van der Waals surface area contributed by atoms with Crippen LogP contribution in [0.1, 0.15) is 24.8 Å². The highest BCUT2D eigenvalue weighted by molar-refractivity contribution is 6.02. The second kappa shape index (κ2) is 6.50. The highest BCUT2D eigenvalue weighted by Crippen LogP contribution is 2.46. The van der Waals surface area contributed by atoms with Crippen molar-refractivity contribution in [2.24, 2.45) is 11.8 Å². The molecule has 6 heteroatoms. The van der Waals surface area contributed by atoms with E-state index in [4.69, 9.17) is 9.47 Å². The Morgan fingerprint density at radius 1 is 1.13 bits per heavy atom. The molecule has 1 saturated carbocycles. The van der Waals surface area contributed by atoms with Crippen LogP contribution in [0.25, 0.3) is 0 Å². The monoisotopic (exact) mass is 320 g/mol. The molecule has 1 aromatic rings. The van der Waals surface area contributed by atoms with Gasteiger partial charge in [-0.25, -0.2) is 0 Å². The lowest BCUT2D eigenvalue weighted by Gasteiger charge is -2.43. The standard InChI is InChI=1S/C17H20O6/c1-17(21)9-11(18)13(15(19)22-2)12(14(17)16(20)23-3)10-7-5-4-6-8-10/h4-8,12-14,21H,9H2,1-3H3/t12?,13?,14?,17-/m1/s1. The molecule has 0 radical (unpaired) electrons. The van der Waals surface area contributed by atoms with E-state index in [1.807, 2.05) is 0 Å². The fourth-order valence-electron chi connectivity index (χ4n) is 3.34. The van der Waals surface area contributed by atoms with E-state index in [2.05, 4.69) is 0 Å². The van der Waals surface area contributed by atoms with Gasteiger partial charge in [0.1, 0.15) is 5.92 Å². The fourth-order valence-corrected chi connectivity index (χ4v) is 3.34. The van der Waals surface area contributed by atoms with Gasteiger partial charge < -0.3 is 14.6 Å². The van der Waals surface area contributed by atoms with Crippen LogP contribution in [0, 0.1) is 11.8 Å². The smallest absolute Gasteiger partial charge is 0.316 e.